The molecule has 0 saturated carbocycles. The van der Waals surface area contributed by atoms with Crippen LogP contribution in [-0.2, 0) is 22.8 Å². The van der Waals surface area contributed by atoms with Crippen LogP contribution in [0.2, 0.25) is 0 Å². The standard InChI is InChI=1S/C18H38O.H2O.O.Ti/c1-18(2)16-14-12-10-8-6-4-3-5-7-9-11-13-15-17-19;;;/h18-19H,3-17H2,1-2H3;1H2;;/q;;;+1/p-1. The zero-order valence-electron chi connectivity index (χ0n) is 15.0. The van der Waals surface area contributed by atoms with Crippen molar-refractivity contribution >= 4 is 0 Å². The van der Waals surface area contributed by atoms with E-state index in [-0.39, 0.29) is 0 Å². The molecule has 0 atom stereocenters. The normalized spacial score (nSPS) is 10.2. The summed E-state index contributed by atoms with van der Waals surface area (Å²) in [5.74, 6) is 0.886. The van der Waals surface area contributed by atoms with Crippen molar-refractivity contribution in [1.82, 2.24) is 0 Å². The van der Waals surface area contributed by atoms with Gasteiger partial charge < -0.3 is 5.11 Å². The van der Waals surface area contributed by atoms with Crippen molar-refractivity contribution in [3.63, 3.8) is 0 Å². The van der Waals surface area contributed by atoms with Gasteiger partial charge >= 0.3 is 26.5 Å². The maximum atomic E-state index is 8.67. The Hall–Kier alpha value is 0.434. The van der Waals surface area contributed by atoms with E-state index in [0.29, 0.717) is 6.61 Å². The summed E-state index contributed by atoms with van der Waals surface area (Å²) in [5, 5.41) is 8.67. The van der Waals surface area contributed by atoms with E-state index in [1.807, 2.05) is 0 Å². The van der Waals surface area contributed by atoms with Gasteiger partial charge in [0.05, 0.1) is 0 Å². The topological polar surface area (TPSA) is 57.5 Å². The number of hydrogen-bond acceptors (Lipinski definition) is 2. The maximum absolute atomic E-state index is 8.67. The molecule has 0 aliphatic carbocycles. The van der Waals surface area contributed by atoms with Gasteiger partial charge in [-0.15, -0.1) is 0 Å². The number of aliphatic hydroxyl groups excluding tert-OH is 1. The average molecular weight is 351 g/mol. The van der Waals surface area contributed by atoms with Gasteiger partial charge in [0.15, 0.2) is 0 Å². The summed E-state index contributed by atoms with van der Waals surface area (Å²) in [5.41, 5.74) is 0. The minimum absolute atomic E-state index is 0.372. The van der Waals surface area contributed by atoms with Crippen molar-refractivity contribution in [3.8, 4) is 0 Å². The molecule has 0 fully saturated rings. The van der Waals surface area contributed by atoms with Crippen LogP contribution >= 0.6 is 0 Å². The Morgan fingerprint density at radius 3 is 1.23 bits per heavy atom. The first-order chi connectivity index (χ1) is 10.7. The van der Waals surface area contributed by atoms with Gasteiger partial charge in [0, 0.05) is 6.61 Å². The third-order valence-corrected chi connectivity index (χ3v) is 3.94. The Balaban J connectivity index is 0. The van der Waals surface area contributed by atoms with E-state index in [1.165, 1.54) is 83.5 Å². The van der Waals surface area contributed by atoms with Crippen molar-refractivity contribution in [3.05, 3.63) is 0 Å². The molecular weight excluding hydrogens is 312 g/mol. The molecule has 0 aromatic rings. The minimum atomic E-state index is -1.75. The molecule has 0 aliphatic heterocycles. The summed E-state index contributed by atoms with van der Waals surface area (Å²) in [4.78, 5) is 0. The molecule has 0 spiro atoms. The fourth-order valence-corrected chi connectivity index (χ4v) is 2.61. The van der Waals surface area contributed by atoms with Crippen molar-refractivity contribution < 1.29 is 31.6 Å². The van der Waals surface area contributed by atoms with Gasteiger partial charge in [-0.05, 0) is 12.3 Å². The van der Waals surface area contributed by atoms with Crippen LogP contribution < -0.4 is 0 Å². The molecule has 0 amide bonds. The van der Waals surface area contributed by atoms with Crippen LogP contribution in [0.25, 0.3) is 0 Å². The van der Waals surface area contributed by atoms with Gasteiger partial charge in [-0.3, -0.25) is 0 Å². The summed E-state index contributed by atoms with van der Waals surface area (Å²) < 4.78 is 15.8. The third-order valence-electron chi connectivity index (χ3n) is 3.94. The second-order valence-electron chi connectivity index (χ2n) is 6.59. The second-order valence-corrected chi connectivity index (χ2v) is 6.88. The van der Waals surface area contributed by atoms with Crippen LogP contribution in [0.1, 0.15) is 104 Å². The molecule has 0 radical (unpaired) electrons. The molecule has 2 N–H and O–H groups in total. The van der Waals surface area contributed by atoms with Crippen molar-refractivity contribution in [2.75, 3.05) is 6.61 Å². The van der Waals surface area contributed by atoms with E-state index in [0.717, 1.165) is 12.3 Å². The van der Waals surface area contributed by atoms with Gasteiger partial charge in [-0.1, -0.05) is 97.3 Å². The Bertz CT molecular complexity index is 199. The molecule has 0 saturated heterocycles. The van der Waals surface area contributed by atoms with Crippen molar-refractivity contribution in [2.24, 2.45) is 5.92 Å². The number of unbranched alkanes of at least 4 members (excludes halogenated alkanes) is 12. The van der Waals surface area contributed by atoms with E-state index in [4.69, 9.17) is 12.1 Å². The van der Waals surface area contributed by atoms with Crippen molar-refractivity contribution in [1.29, 1.82) is 0 Å². The molecule has 0 bridgehead atoms. The SMILES string of the molecule is CC(C)CCCCCCCCCCCCCCCO.[O]=[Ti][OH]. The van der Waals surface area contributed by atoms with Crippen LogP contribution in [0.5, 0.6) is 0 Å². The van der Waals surface area contributed by atoms with Gasteiger partial charge in [-0.2, -0.15) is 0 Å². The predicted molar refractivity (Wildman–Crippen MR) is 89.5 cm³/mol. The van der Waals surface area contributed by atoms with E-state index < -0.39 is 19.5 Å². The van der Waals surface area contributed by atoms with E-state index in [9.17, 15) is 0 Å². The molecule has 0 unspecified atom stereocenters. The van der Waals surface area contributed by atoms with Crippen LogP contribution in [0.4, 0.5) is 0 Å². The van der Waals surface area contributed by atoms with E-state index in [1.54, 1.807) is 0 Å². The molecule has 4 heteroatoms. The van der Waals surface area contributed by atoms with Crippen LogP contribution in [0.15, 0.2) is 0 Å². The summed E-state index contributed by atoms with van der Waals surface area (Å²) >= 11 is -1.75. The van der Waals surface area contributed by atoms with Gasteiger partial charge in [0.25, 0.3) is 0 Å². The van der Waals surface area contributed by atoms with E-state index >= 15 is 0 Å². The zero-order valence-corrected chi connectivity index (χ0v) is 16.5. The Labute approximate surface area is 148 Å². The number of rotatable bonds is 15. The molecule has 0 aromatic heterocycles. The Kier molecular flexibility index (Phi) is 26.6. The summed E-state index contributed by atoms with van der Waals surface area (Å²) in [6, 6.07) is 0. The molecule has 22 heavy (non-hydrogen) atoms. The van der Waals surface area contributed by atoms with Gasteiger partial charge in [-0.25, -0.2) is 0 Å². The summed E-state index contributed by atoms with van der Waals surface area (Å²) in [6.07, 6.45) is 19.3. The monoisotopic (exact) mass is 351 g/mol. The van der Waals surface area contributed by atoms with Gasteiger partial charge in [0.1, 0.15) is 0 Å². The molecule has 0 rings (SSSR count). The molecule has 3 nitrogen and oxygen atoms in total. The predicted octanol–water partition coefficient (Wildman–Crippen LogP) is 5.42. The molecule has 0 aromatic carbocycles. The molecular formula is C18H39O3Ti. The fraction of sp³-hybridized carbons (Fsp3) is 1.00. The summed E-state index contributed by atoms with van der Waals surface area (Å²) in [6.45, 7) is 5.02. The number of hydrogen-bond donors (Lipinski definition) is 2. The van der Waals surface area contributed by atoms with Gasteiger partial charge in [0.2, 0.25) is 0 Å². The fourth-order valence-electron chi connectivity index (χ4n) is 2.61. The van der Waals surface area contributed by atoms with Crippen molar-refractivity contribution in [2.45, 2.75) is 104 Å². The van der Waals surface area contributed by atoms with Crippen LogP contribution in [-0.4, -0.2) is 15.4 Å². The van der Waals surface area contributed by atoms with Crippen LogP contribution in [0.3, 0.4) is 0 Å². The molecule has 133 valence electrons. The Morgan fingerprint density at radius 1 is 0.682 bits per heavy atom. The number of aliphatic hydroxyl groups is 1. The first kappa shape index (κ1) is 24.7. The average Bonchev–Trinajstić information content (AvgIpc) is 2.48. The molecule has 0 aliphatic rings. The van der Waals surface area contributed by atoms with E-state index in [2.05, 4.69) is 13.8 Å². The summed E-state index contributed by atoms with van der Waals surface area (Å²) in [7, 11) is 0. The van der Waals surface area contributed by atoms with Crippen LogP contribution in [0, 0.1) is 5.92 Å². The quantitative estimate of drug-likeness (QED) is 0.306. The zero-order chi connectivity index (χ0) is 16.9. The molecule has 0 heterocycles. The first-order valence-corrected chi connectivity index (χ1v) is 10.6. The second kappa shape index (κ2) is 23.7. The first-order valence-electron chi connectivity index (χ1n) is 9.31. The Morgan fingerprint density at radius 2 is 0.955 bits per heavy atom. The third kappa shape index (κ3) is 28.6.